The van der Waals surface area contributed by atoms with Crippen LogP contribution in [0.15, 0.2) is 42.7 Å². The fourth-order valence-electron chi connectivity index (χ4n) is 9.15. The number of carbonyl (C=O) groups excluding carboxylic acids is 4. The summed E-state index contributed by atoms with van der Waals surface area (Å²) in [7, 11) is 1.30. The third kappa shape index (κ3) is 9.40. The molecule has 0 bridgehead atoms. The first-order valence-corrected chi connectivity index (χ1v) is 21.8. The number of amides is 4. The van der Waals surface area contributed by atoms with Crippen LogP contribution in [0.4, 0.5) is 9.59 Å². The molecule has 1 aromatic carbocycles. The molecule has 5 heterocycles. The van der Waals surface area contributed by atoms with Gasteiger partial charge in [0.25, 0.3) is 0 Å². The molecule has 3 aromatic rings. The first kappa shape index (κ1) is 42.9. The maximum Gasteiger partial charge on any atom is 0.408 e. The van der Waals surface area contributed by atoms with Crippen molar-refractivity contribution in [2.75, 3.05) is 33.4 Å². The summed E-state index contributed by atoms with van der Waals surface area (Å²) in [6, 6.07) is 6.91. The number of methoxy groups -OCH3 is 1. The lowest BCUT2D eigenvalue weighted by atomic mass is 9.71. The fourth-order valence-corrected chi connectivity index (χ4v) is 9.15. The van der Waals surface area contributed by atoms with Crippen LogP contribution in [-0.2, 0) is 29.2 Å². The molecule has 15 heteroatoms. The van der Waals surface area contributed by atoms with E-state index in [0.717, 1.165) is 73.5 Å². The van der Waals surface area contributed by atoms with E-state index in [1.54, 1.807) is 0 Å². The normalized spacial score (nSPS) is 23.4. The average molecular weight is 827 g/mol. The highest BCUT2D eigenvalue weighted by molar-refractivity contribution is 5.87. The number of imidazole rings is 2. The van der Waals surface area contributed by atoms with Gasteiger partial charge in [0.05, 0.1) is 56.2 Å². The van der Waals surface area contributed by atoms with Crippen molar-refractivity contribution in [2.45, 2.75) is 128 Å². The van der Waals surface area contributed by atoms with Crippen molar-refractivity contribution >= 4 is 29.6 Å². The number of benzene rings is 1. The van der Waals surface area contributed by atoms with Crippen molar-refractivity contribution in [1.29, 1.82) is 0 Å². The van der Waals surface area contributed by atoms with Crippen LogP contribution in [0.1, 0.15) is 127 Å². The van der Waals surface area contributed by atoms with Crippen molar-refractivity contribution in [3.8, 4) is 11.3 Å². The summed E-state index contributed by atoms with van der Waals surface area (Å²) < 4.78 is 15.8. The van der Waals surface area contributed by atoms with Crippen LogP contribution in [-0.4, -0.2) is 105 Å². The Morgan fingerprint density at radius 1 is 0.800 bits per heavy atom. The number of hydrogen-bond acceptors (Lipinski definition) is 9. The van der Waals surface area contributed by atoms with Gasteiger partial charge in [0.2, 0.25) is 11.8 Å². The second-order valence-electron chi connectivity index (χ2n) is 17.8. The van der Waals surface area contributed by atoms with E-state index in [2.05, 4.69) is 57.9 Å². The van der Waals surface area contributed by atoms with Crippen LogP contribution in [0.3, 0.4) is 0 Å². The summed E-state index contributed by atoms with van der Waals surface area (Å²) in [6.07, 6.45) is 12.0. The SMILES string of the molecule is COC(=O)N[C@H](C(=O)N1CCC[C@H]1c1ncc(-c2ccc(C3(C)CC=C(c4cnc([C@@H]5CCCN5C(=O)[C@H](NC(=O)OC5CCOCC5)C(C)C)[nH]4)CC3)cc2)[nH]1)C(C)C. The van der Waals surface area contributed by atoms with Crippen LogP contribution in [0.2, 0.25) is 0 Å². The highest BCUT2D eigenvalue weighted by Crippen LogP contribution is 2.42. The van der Waals surface area contributed by atoms with Crippen LogP contribution in [0.25, 0.3) is 16.8 Å². The molecule has 0 radical (unpaired) electrons. The van der Waals surface area contributed by atoms with E-state index < -0.39 is 24.3 Å². The van der Waals surface area contributed by atoms with Crippen molar-refractivity contribution in [2.24, 2.45) is 11.8 Å². The summed E-state index contributed by atoms with van der Waals surface area (Å²) in [5.74, 6) is 1.06. The fraction of sp³-hybridized carbons (Fsp3) is 0.600. The maximum absolute atomic E-state index is 13.9. The molecule has 0 spiro atoms. The number of rotatable bonds is 12. The lowest BCUT2D eigenvalue weighted by Crippen LogP contribution is -2.51. The molecule has 1 unspecified atom stereocenters. The Morgan fingerprint density at radius 3 is 1.88 bits per heavy atom. The zero-order valence-electron chi connectivity index (χ0n) is 35.9. The molecule has 15 nitrogen and oxygen atoms in total. The van der Waals surface area contributed by atoms with Crippen LogP contribution in [0, 0.1) is 11.8 Å². The van der Waals surface area contributed by atoms with E-state index in [1.165, 1.54) is 18.2 Å². The van der Waals surface area contributed by atoms with Gasteiger partial charge in [-0.25, -0.2) is 19.6 Å². The Morgan fingerprint density at radius 2 is 1.35 bits per heavy atom. The molecule has 5 atom stereocenters. The number of nitrogens with zero attached hydrogens (tertiary/aromatic N) is 4. The van der Waals surface area contributed by atoms with Gasteiger partial charge in [-0.2, -0.15) is 0 Å². The topological polar surface area (TPSA) is 184 Å². The van der Waals surface area contributed by atoms with E-state index >= 15 is 0 Å². The Bertz CT molecular complexity index is 2020. The standard InChI is InChI=1S/C45H62N8O7/c1-27(2)37(50-43(56)58-6)41(54)52-21-7-9-35(52)39-46-25-33(48-39)29-11-13-31(14-12-29)45(5)19-15-30(16-20-45)34-26-47-40(49-34)36-10-8-22-53(36)42(55)38(28(3)4)51-44(57)60-32-17-23-59-24-18-32/h11-15,25-28,32,35-38H,7-10,16-24H2,1-6H3,(H,46,48)(H,47,49)(H,50,56)(H,51,57)/t35-,36-,37-,38+,45?/m0/s1. The average Bonchev–Trinajstić information content (AvgIpc) is 4.09. The second kappa shape index (κ2) is 18.6. The molecule has 1 aliphatic carbocycles. The van der Waals surface area contributed by atoms with Gasteiger partial charge in [-0.15, -0.1) is 0 Å². The highest BCUT2D eigenvalue weighted by atomic mass is 16.6. The van der Waals surface area contributed by atoms with E-state index in [4.69, 9.17) is 24.2 Å². The molecule has 2 aromatic heterocycles. The van der Waals surface area contributed by atoms with Crippen LogP contribution < -0.4 is 10.6 Å². The number of alkyl carbamates (subject to hydrolysis) is 2. The number of ether oxygens (including phenoxy) is 3. The van der Waals surface area contributed by atoms with Gasteiger partial charge >= 0.3 is 12.2 Å². The van der Waals surface area contributed by atoms with Crippen LogP contribution in [0.5, 0.6) is 0 Å². The number of H-pyrrole nitrogens is 2. The van der Waals surface area contributed by atoms with E-state index in [1.807, 2.05) is 49.9 Å². The number of aromatic amines is 2. The Labute approximate surface area is 352 Å². The minimum atomic E-state index is -0.695. The van der Waals surface area contributed by atoms with Gasteiger partial charge < -0.3 is 44.6 Å². The molecule has 3 aliphatic heterocycles. The lowest BCUT2D eigenvalue weighted by Gasteiger charge is -2.33. The molecule has 4 N–H and O–H groups in total. The molecule has 7 rings (SSSR count). The van der Waals surface area contributed by atoms with Crippen molar-refractivity contribution in [3.05, 3.63) is 65.6 Å². The number of nitrogens with one attached hydrogen (secondary N) is 4. The Balaban J connectivity index is 0.966. The van der Waals surface area contributed by atoms with Gasteiger partial charge in [-0.3, -0.25) is 9.59 Å². The van der Waals surface area contributed by atoms with Gasteiger partial charge in [0.15, 0.2) is 0 Å². The van der Waals surface area contributed by atoms with Gasteiger partial charge in [0.1, 0.15) is 29.8 Å². The first-order chi connectivity index (χ1) is 28.8. The molecule has 324 valence electrons. The highest BCUT2D eigenvalue weighted by Gasteiger charge is 2.40. The molecule has 0 saturated carbocycles. The molecule has 4 aliphatic rings. The number of allylic oxidation sites excluding steroid dienone is 2. The third-order valence-electron chi connectivity index (χ3n) is 12.9. The molecular weight excluding hydrogens is 765 g/mol. The van der Waals surface area contributed by atoms with Gasteiger partial charge in [0, 0.05) is 25.9 Å². The minimum absolute atomic E-state index is 0.0423. The Kier molecular flexibility index (Phi) is 13.3. The number of hydrogen-bond donors (Lipinski definition) is 4. The smallest absolute Gasteiger partial charge is 0.408 e. The predicted octanol–water partition coefficient (Wildman–Crippen LogP) is 6.96. The van der Waals surface area contributed by atoms with Gasteiger partial charge in [-0.05, 0) is 78.9 Å². The largest absolute Gasteiger partial charge is 0.453 e. The van der Waals surface area contributed by atoms with E-state index in [-0.39, 0.29) is 47.3 Å². The zero-order valence-corrected chi connectivity index (χ0v) is 35.9. The number of likely N-dealkylation sites (tertiary alicyclic amines) is 2. The Hall–Kier alpha value is -5.18. The van der Waals surface area contributed by atoms with Crippen molar-refractivity contribution in [3.63, 3.8) is 0 Å². The van der Waals surface area contributed by atoms with E-state index in [9.17, 15) is 19.2 Å². The van der Waals surface area contributed by atoms with Gasteiger partial charge in [-0.1, -0.05) is 65.0 Å². The predicted molar refractivity (Wildman–Crippen MR) is 225 cm³/mol. The summed E-state index contributed by atoms with van der Waals surface area (Å²) in [5.41, 5.74) is 5.34. The number of aromatic nitrogens is 4. The first-order valence-electron chi connectivity index (χ1n) is 21.8. The molecular formula is C45H62N8O7. The summed E-state index contributed by atoms with van der Waals surface area (Å²) in [4.78, 5) is 72.6. The summed E-state index contributed by atoms with van der Waals surface area (Å²) in [5, 5.41) is 5.58. The molecule has 3 saturated heterocycles. The monoisotopic (exact) mass is 826 g/mol. The quantitative estimate of drug-likeness (QED) is 0.150. The molecule has 3 fully saturated rings. The van der Waals surface area contributed by atoms with Crippen molar-refractivity contribution in [1.82, 2.24) is 40.4 Å². The molecule has 60 heavy (non-hydrogen) atoms. The lowest BCUT2D eigenvalue weighted by molar-refractivity contribution is -0.136. The third-order valence-corrected chi connectivity index (χ3v) is 12.9. The summed E-state index contributed by atoms with van der Waals surface area (Å²) >= 11 is 0. The van der Waals surface area contributed by atoms with Crippen LogP contribution >= 0.6 is 0 Å². The van der Waals surface area contributed by atoms with E-state index in [0.29, 0.717) is 39.1 Å². The minimum Gasteiger partial charge on any atom is -0.453 e. The second-order valence-corrected chi connectivity index (χ2v) is 17.8. The molecule has 4 amide bonds. The van der Waals surface area contributed by atoms with Crippen molar-refractivity contribution < 1.29 is 33.4 Å². The maximum atomic E-state index is 13.9. The number of carbonyl (C=O) groups is 4. The summed E-state index contributed by atoms with van der Waals surface area (Å²) in [6.45, 7) is 12.4. The zero-order chi connectivity index (χ0) is 42.6.